The second kappa shape index (κ2) is 9.60. The number of carbonyl (C=O) groups is 1. The smallest absolute Gasteiger partial charge is 0.337 e. The molecule has 0 radical (unpaired) electrons. The number of hydrogen-bond acceptors (Lipinski definition) is 5. The zero-order valence-electron chi connectivity index (χ0n) is 19.3. The molecule has 35 heavy (non-hydrogen) atoms. The first-order chi connectivity index (χ1) is 17.1. The van der Waals surface area contributed by atoms with Crippen molar-refractivity contribution in [2.24, 2.45) is 0 Å². The van der Waals surface area contributed by atoms with Gasteiger partial charge in [0.15, 0.2) is 5.11 Å². The van der Waals surface area contributed by atoms with Crippen LogP contribution in [-0.2, 0) is 4.74 Å². The van der Waals surface area contributed by atoms with E-state index in [1.165, 1.54) is 7.11 Å². The summed E-state index contributed by atoms with van der Waals surface area (Å²) >= 11 is 5.83. The third-order valence-electron chi connectivity index (χ3n) is 6.08. The van der Waals surface area contributed by atoms with Gasteiger partial charge in [-0.3, -0.25) is 4.98 Å². The Hall–Kier alpha value is -4.17. The third-order valence-corrected chi connectivity index (χ3v) is 6.39. The summed E-state index contributed by atoms with van der Waals surface area (Å²) in [5.41, 5.74) is 4.23. The van der Waals surface area contributed by atoms with Crippen molar-refractivity contribution in [2.45, 2.75) is 12.1 Å². The van der Waals surface area contributed by atoms with Crippen molar-refractivity contribution in [2.75, 3.05) is 19.1 Å². The summed E-state index contributed by atoms with van der Waals surface area (Å²) in [7, 11) is 3.03. The van der Waals surface area contributed by atoms with Crippen molar-refractivity contribution in [1.29, 1.82) is 0 Å². The van der Waals surface area contributed by atoms with Crippen LogP contribution in [0.5, 0.6) is 5.75 Å². The summed E-state index contributed by atoms with van der Waals surface area (Å²) in [5, 5.41) is 4.09. The van der Waals surface area contributed by atoms with Crippen LogP contribution >= 0.6 is 12.2 Å². The summed E-state index contributed by atoms with van der Waals surface area (Å²) in [4.78, 5) is 18.6. The van der Waals surface area contributed by atoms with Crippen LogP contribution in [0.15, 0.2) is 91.3 Å². The molecular formula is C27H24N4O3S. The molecule has 1 saturated heterocycles. The van der Waals surface area contributed by atoms with Crippen LogP contribution in [-0.4, -0.2) is 34.9 Å². The van der Waals surface area contributed by atoms with E-state index in [1.54, 1.807) is 25.4 Å². The maximum absolute atomic E-state index is 11.9. The maximum atomic E-state index is 11.9. The number of rotatable bonds is 6. The van der Waals surface area contributed by atoms with Gasteiger partial charge in [0.1, 0.15) is 11.8 Å². The summed E-state index contributed by atoms with van der Waals surface area (Å²) in [6.07, 6.45) is 3.79. The molecule has 0 bridgehead atoms. The average molecular weight is 485 g/mol. The number of pyridine rings is 1. The Labute approximate surface area is 208 Å². The second-order valence-electron chi connectivity index (χ2n) is 8.04. The second-order valence-corrected chi connectivity index (χ2v) is 8.43. The van der Waals surface area contributed by atoms with E-state index in [1.807, 2.05) is 66.9 Å². The lowest BCUT2D eigenvalue weighted by Crippen LogP contribution is -2.30. The standard InChI is InChI=1S/C27H24N4O3S/c1-33-21-8-5-7-20(17-21)31-25(24(29-27(31)35)22-9-3-4-15-28-22)23-10-6-16-30(23)19-13-11-18(12-14-19)26(32)34-2/h3-17,24-25H,1-2H3,(H,29,35)/t24-,25-/m1/s1. The van der Waals surface area contributed by atoms with Crippen LogP contribution in [0.3, 0.4) is 0 Å². The predicted molar refractivity (Wildman–Crippen MR) is 138 cm³/mol. The largest absolute Gasteiger partial charge is 0.497 e. The van der Waals surface area contributed by atoms with Crippen molar-refractivity contribution in [3.05, 3.63) is 108 Å². The highest BCUT2D eigenvalue weighted by molar-refractivity contribution is 7.80. The fourth-order valence-corrected chi connectivity index (χ4v) is 4.79. The molecule has 5 rings (SSSR count). The van der Waals surface area contributed by atoms with Gasteiger partial charge in [-0.1, -0.05) is 12.1 Å². The van der Waals surface area contributed by atoms with E-state index in [4.69, 9.17) is 21.7 Å². The molecule has 2 aromatic carbocycles. The Kier molecular flexibility index (Phi) is 6.20. The number of carbonyl (C=O) groups excluding carboxylic acids is 1. The van der Waals surface area contributed by atoms with E-state index in [0.717, 1.165) is 28.5 Å². The normalized spacial score (nSPS) is 17.2. The van der Waals surface area contributed by atoms with Gasteiger partial charge >= 0.3 is 5.97 Å². The lowest BCUT2D eigenvalue weighted by Gasteiger charge is -2.29. The van der Waals surface area contributed by atoms with Crippen molar-refractivity contribution in [3.63, 3.8) is 0 Å². The molecule has 8 heteroatoms. The fraction of sp³-hybridized carbons (Fsp3) is 0.148. The Morgan fingerprint density at radius 2 is 1.80 bits per heavy atom. The topological polar surface area (TPSA) is 68.6 Å². The number of methoxy groups -OCH3 is 2. The molecule has 176 valence electrons. The number of aromatic nitrogens is 2. The average Bonchev–Trinajstić information content (AvgIpc) is 3.53. The van der Waals surface area contributed by atoms with Crippen molar-refractivity contribution in [3.8, 4) is 11.4 Å². The SMILES string of the molecule is COC(=O)c1ccc(-n2cccc2[C@@H]2[C@@H](c3ccccn3)NC(=S)N2c2cccc(OC)c2)cc1. The number of esters is 1. The Balaban J connectivity index is 1.62. The molecule has 0 amide bonds. The van der Waals surface area contributed by atoms with Gasteiger partial charge in [-0.15, -0.1) is 0 Å². The van der Waals surface area contributed by atoms with Gasteiger partial charge < -0.3 is 24.3 Å². The summed E-state index contributed by atoms with van der Waals surface area (Å²) in [6, 6.07) is 24.8. The van der Waals surface area contributed by atoms with Crippen LogP contribution < -0.4 is 15.0 Å². The highest BCUT2D eigenvalue weighted by Crippen LogP contribution is 2.42. The van der Waals surface area contributed by atoms with E-state index in [2.05, 4.69) is 25.8 Å². The molecule has 4 aromatic rings. The van der Waals surface area contributed by atoms with E-state index in [0.29, 0.717) is 10.7 Å². The fourth-order valence-electron chi connectivity index (χ4n) is 4.44. The molecule has 7 nitrogen and oxygen atoms in total. The Bertz CT molecular complexity index is 1350. The summed E-state index contributed by atoms with van der Waals surface area (Å²) in [5.74, 6) is 0.383. The van der Waals surface area contributed by atoms with Crippen molar-refractivity contribution < 1.29 is 14.3 Å². The number of anilines is 1. The first-order valence-corrected chi connectivity index (χ1v) is 11.5. The van der Waals surface area contributed by atoms with Crippen LogP contribution in [0, 0.1) is 0 Å². The Morgan fingerprint density at radius 3 is 2.51 bits per heavy atom. The number of hydrogen-bond donors (Lipinski definition) is 1. The van der Waals surface area contributed by atoms with Gasteiger partial charge in [-0.05, 0) is 72.9 Å². The molecule has 1 aliphatic heterocycles. The minimum Gasteiger partial charge on any atom is -0.497 e. The molecular weight excluding hydrogens is 460 g/mol. The molecule has 2 aromatic heterocycles. The minimum absolute atomic E-state index is 0.183. The van der Waals surface area contributed by atoms with Gasteiger partial charge in [0.25, 0.3) is 0 Å². The van der Waals surface area contributed by atoms with Gasteiger partial charge in [0.2, 0.25) is 0 Å². The van der Waals surface area contributed by atoms with Crippen LogP contribution in [0.1, 0.15) is 33.8 Å². The van der Waals surface area contributed by atoms with Gasteiger partial charge in [-0.2, -0.15) is 0 Å². The number of benzene rings is 2. The predicted octanol–water partition coefficient (Wildman–Crippen LogP) is 4.84. The van der Waals surface area contributed by atoms with E-state index < -0.39 is 0 Å². The van der Waals surface area contributed by atoms with Crippen LogP contribution in [0.2, 0.25) is 0 Å². The van der Waals surface area contributed by atoms with Crippen molar-refractivity contribution in [1.82, 2.24) is 14.9 Å². The molecule has 1 N–H and O–H groups in total. The summed E-state index contributed by atoms with van der Waals surface area (Å²) in [6.45, 7) is 0. The van der Waals surface area contributed by atoms with Crippen LogP contribution in [0.25, 0.3) is 5.69 Å². The molecule has 3 heterocycles. The highest BCUT2D eigenvalue weighted by Gasteiger charge is 2.42. The molecule has 0 aliphatic carbocycles. The van der Waals surface area contributed by atoms with E-state index in [9.17, 15) is 4.79 Å². The van der Waals surface area contributed by atoms with Gasteiger partial charge in [0, 0.05) is 35.5 Å². The lowest BCUT2D eigenvalue weighted by molar-refractivity contribution is 0.0600. The zero-order chi connectivity index (χ0) is 24.4. The number of nitrogens with zero attached hydrogens (tertiary/aromatic N) is 3. The number of ether oxygens (including phenoxy) is 2. The molecule has 0 unspecified atom stereocenters. The summed E-state index contributed by atoms with van der Waals surface area (Å²) < 4.78 is 12.4. The van der Waals surface area contributed by atoms with Gasteiger partial charge in [0.05, 0.1) is 31.5 Å². The number of nitrogens with one attached hydrogen (secondary N) is 1. The van der Waals surface area contributed by atoms with Gasteiger partial charge in [-0.25, -0.2) is 4.79 Å². The first kappa shape index (κ1) is 22.6. The Morgan fingerprint density at radius 1 is 0.971 bits per heavy atom. The zero-order valence-corrected chi connectivity index (χ0v) is 20.1. The van der Waals surface area contributed by atoms with E-state index in [-0.39, 0.29) is 18.1 Å². The molecule has 0 spiro atoms. The van der Waals surface area contributed by atoms with Crippen molar-refractivity contribution >= 4 is 29.0 Å². The first-order valence-electron chi connectivity index (χ1n) is 11.1. The molecule has 1 fully saturated rings. The maximum Gasteiger partial charge on any atom is 0.337 e. The minimum atomic E-state index is -0.367. The molecule has 2 atom stereocenters. The molecule has 1 aliphatic rings. The quantitative estimate of drug-likeness (QED) is 0.310. The monoisotopic (exact) mass is 484 g/mol. The highest BCUT2D eigenvalue weighted by atomic mass is 32.1. The van der Waals surface area contributed by atoms with Crippen LogP contribution in [0.4, 0.5) is 5.69 Å². The third kappa shape index (κ3) is 4.24. The van der Waals surface area contributed by atoms with E-state index >= 15 is 0 Å². The molecule has 0 saturated carbocycles. The number of thiocarbonyl (C=S) groups is 1. The lowest BCUT2D eigenvalue weighted by atomic mass is 10.0.